The van der Waals surface area contributed by atoms with Crippen LogP contribution in [0.5, 0.6) is 0 Å². The number of urea groups is 1. The number of carbonyl (C=O) groups excluding carboxylic acids is 2. The van der Waals surface area contributed by atoms with Crippen molar-refractivity contribution in [1.82, 2.24) is 15.1 Å². The molecule has 2 rings (SSSR count). The second-order valence-electron chi connectivity index (χ2n) is 7.28. The molecule has 0 saturated carbocycles. The first kappa shape index (κ1) is 22.0. The van der Waals surface area contributed by atoms with Gasteiger partial charge < -0.3 is 20.2 Å². The summed E-state index contributed by atoms with van der Waals surface area (Å²) >= 11 is 0. The Balaban J connectivity index is 2.28. The maximum atomic E-state index is 12.7. The van der Waals surface area contributed by atoms with Crippen molar-refractivity contribution in [2.24, 2.45) is 0 Å². The van der Waals surface area contributed by atoms with E-state index in [-0.39, 0.29) is 36.5 Å². The monoisotopic (exact) mass is 387 g/mol. The van der Waals surface area contributed by atoms with Crippen molar-refractivity contribution in [3.63, 3.8) is 0 Å². The zero-order valence-electron chi connectivity index (χ0n) is 17.4. The number of hydrogen-bond acceptors (Lipinski definition) is 3. The van der Waals surface area contributed by atoms with Gasteiger partial charge in [0.25, 0.3) is 0 Å². The molecule has 1 aromatic rings. The van der Waals surface area contributed by atoms with E-state index in [0.29, 0.717) is 19.5 Å². The zero-order chi connectivity index (χ0) is 20.7. The molecule has 3 atom stereocenters. The fourth-order valence-corrected chi connectivity index (χ4v) is 3.89. The largest absolute Gasteiger partial charge is 0.394 e. The number of hydrogen-bond donors (Lipinski definition) is 2. The maximum Gasteiger partial charge on any atom is 0.318 e. The molecule has 1 fully saturated rings. The summed E-state index contributed by atoms with van der Waals surface area (Å²) in [6.07, 6.45) is 5.29. The summed E-state index contributed by atoms with van der Waals surface area (Å²) in [5.74, 6) is 0.0349. The number of carbonyl (C=O) groups is 2. The lowest BCUT2D eigenvalue weighted by Gasteiger charge is -2.55. The number of aliphatic hydroxyl groups is 1. The third-order valence-corrected chi connectivity index (χ3v) is 5.36. The minimum absolute atomic E-state index is 0.0101. The van der Waals surface area contributed by atoms with E-state index >= 15 is 0 Å². The fraction of sp³-hybridized carbons (Fsp3) is 0.545. The topological polar surface area (TPSA) is 72.9 Å². The Bertz CT molecular complexity index is 687. The highest BCUT2D eigenvalue weighted by molar-refractivity contribution is 5.78. The van der Waals surface area contributed by atoms with Crippen molar-refractivity contribution in [3.8, 4) is 0 Å². The molecule has 1 aliphatic heterocycles. The average Bonchev–Trinajstić information content (AvgIpc) is 2.69. The van der Waals surface area contributed by atoms with Gasteiger partial charge in [0, 0.05) is 32.5 Å². The maximum absolute atomic E-state index is 12.7. The molecule has 6 heteroatoms. The van der Waals surface area contributed by atoms with Crippen molar-refractivity contribution in [1.29, 1.82) is 0 Å². The van der Waals surface area contributed by atoms with Gasteiger partial charge in [0.1, 0.15) is 0 Å². The summed E-state index contributed by atoms with van der Waals surface area (Å²) in [7, 11) is 1.77. The van der Waals surface area contributed by atoms with E-state index in [4.69, 9.17) is 0 Å². The van der Waals surface area contributed by atoms with E-state index in [2.05, 4.69) is 17.4 Å². The van der Waals surface area contributed by atoms with Gasteiger partial charge in [-0.2, -0.15) is 0 Å². The van der Waals surface area contributed by atoms with Crippen LogP contribution in [0.3, 0.4) is 0 Å². The summed E-state index contributed by atoms with van der Waals surface area (Å²) in [5, 5.41) is 12.9. The molecule has 1 aromatic carbocycles. The Hall–Kier alpha value is -2.34. The number of likely N-dealkylation sites (N-methyl/N-ethyl adjacent to an activating group) is 1. The van der Waals surface area contributed by atoms with Crippen LogP contribution >= 0.6 is 0 Å². The lowest BCUT2D eigenvalue weighted by molar-refractivity contribution is -0.131. The molecule has 0 aliphatic carbocycles. The Morgan fingerprint density at radius 2 is 1.89 bits per heavy atom. The minimum atomic E-state index is -0.292. The molecule has 2 N–H and O–H groups in total. The average molecular weight is 388 g/mol. The molecule has 0 unspecified atom stereocenters. The first-order valence-corrected chi connectivity index (χ1v) is 10.1. The summed E-state index contributed by atoms with van der Waals surface area (Å²) < 4.78 is 0. The molecule has 1 saturated heterocycles. The Labute approximate surface area is 168 Å². The number of nitrogens with zero attached hydrogens (tertiary/aromatic N) is 2. The highest BCUT2D eigenvalue weighted by Gasteiger charge is 2.51. The second kappa shape index (κ2) is 10.3. The van der Waals surface area contributed by atoms with Gasteiger partial charge in [-0.15, -0.1) is 0 Å². The summed E-state index contributed by atoms with van der Waals surface area (Å²) in [5.41, 5.74) is 2.19. The molecule has 0 aromatic heterocycles. The number of allylic oxidation sites excluding steroid dienone is 1. The molecule has 0 spiro atoms. The normalized spacial score (nSPS) is 21.5. The molecule has 0 bridgehead atoms. The molecule has 154 valence electrons. The van der Waals surface area contributed by atoms with E-state index in [1.54, 1.807) is 16.8 Å². The van der Waals surface area contributed by atoms with E-state index in [9.17, 15) is 14.7 Å². The van der Waals surface area contributed by atoms with Gasteiger partial charge in [-0.25, -0.2) is 4.79 Å². The molecule has 1 aliphatic rings. The van der Waals surface area contributed by atoms with E-state index < -0.39 is 0 Å². The number of aliphatic hydroxyl groups excluding tert-OH is 1. The highest BCUT2D eigenvalue weighted by atomic mass is 16.3. The highest BCUT2D eigenvalue weighted by Crippen LogP contribution is 2.41. The third-order valence-electron chi connectivity index (χ3n) is 5.36. The van der Waals surface area contributed by atoms with Crippen LogP contribution in [-0.4, -0.2) is 65.7 Å². The summed E-state index contributed by atoms with van der Waals surface area (Å²) in [4.78, 5) is 28.2. The number of likely N-dealkylation sites (tertiary alicyclic amines) is 1. The molecule has 3 amide bonds. The standard InChI is InChI=1S/C22H33N3O3/c1-5-8-16-9-11-17(12-10-16)21-18(14-24(4)20(27)7-3)25(19(21)15-26)22(28)23-13-6-2/h5,8-12,18-19,21,26H,6-7,13-15H2,1-4H3,(H,23,28)/b8-5+/t18-,19+,21+/m1/s1. The van der Waals surface area contributed by atoms with Gasteiger partial charge in [-0.3, -0.25) is 4.79 Å². The number of benzene rings is 1. The van der Waals surface area contributed by atoms with E-state index in [1.807, 2.05) is 45.1 Å². The molecule has 6 nitrogen and oxygen atoms in total. The van der Waals surface area contributed by atoms with Crippen LogP contribution in [0.1, 0.15) is 50.7 Å². The number of nitrogens with one attached hydrogen (secondary N) is 1. The SMILES string of the molecule is C/C=C/c1ccc([C@H]2[C@@H](CN(C)C(=O)CC)N(C(=O)NCCC)[C@H]2CO)cc1. The third kappa shape index (κ3) is 4.73. The van der Waals surface area contributed by atoms with E-state index in [0.717, 1.165) is 17.5 Å². The molecule has 1 heterocycles. The quantitative estimate of drug-likeness (QED) is 0.720. The van der Waals surface area contributed by atoms with Crippen molar-refractivity contribution in [3.05, 3.63) is 41.5 Å². The lowest BCUT2D eigenvalue weighted by Crippen LogP contribution is -2.70. The lowest BCUT2D eigenvalue weighted by atomic mass is 9.75. The van der Waals surface area contributed by atoms with Gasteiger partial charge in [-0.05, 0) is 24.5 Å². The van der Waals surface area contributed by atoms with Gasteiger partial charge in [0.15, 0.2) is 0 Å². The molecular weight excluding hydrogens is 354 g/mol. The Morgan fingerprint density at radius 3 is 2.43 bits per heavy atom. The van der Waals surface area contributed by atoms with Crippen LogP contribution in [0.2, 0.25) is 0 Å². The fourth-order valence-electron chi connectivity index (χ4n) is 3.89. The predicted octanol–water partition coefficient (Wildman–Crippen LogP) is 2.84. The van der Waals surface area contributed by atoms with Crippen LogP contribution in [-0.2, 0) is 4.79 Å². The van der Waals surface area contributed by atoms with Crippen LogP contribution in [0.4, 0.5) is 4.79 Å². The predicted molar refractivity (Wildman–Crippen MR) is 112 cm³/mol. The number of rotatable bonds is 8. The van der Waals surface area contributed by atoms with Gasteiger partial charge in [0.2, 0.25) is 5.91 Å². The van der Waals surface area contributed by atoms with Crippen molar-refractivity contribution in [2.75, 3.05) is 26.7 Å². The molecular formula is C22H33N3O3. The van der Waals surface area contributed by atoms with Crippen molar-refractivity contribution >= 4 is 18.0 Å². The van der Waals surface area contributed by atoms with Gasteiger partial charge in [-0.1, -0.05) is 50.3 Å². The Morgan fingerprint density at radius 1 is 1.21 bits per heavy atom. The minimum Gasteiger partial charge on any atom is -0.394 e. The zero-order valence-corrected chi connectivity index (χ0v) is 17.4. The smallest absolute Gasteiger partial charge is 0.318 e. The molecule has 28 heavy (non-hydrogen) atoms. The van der Waals surface area contributed by atoms with Gasteiger partial charge >= 0.3 is 6.03 Å². The first-order chi connectivity index (χ1) is 13.5. The van der Waals surface area contributed by atoms with Crippen LogP contribution in [0, 0.1) is 0 Å². The van der Waals surface area contributed by atoms with Gasteiger partial charge in [0.05, 0.1) is 18.7 Å². The van der Waals surface area contributed by atoms with E-state index in [1.165, 1.54) is 0 Å². The van der Waals surface area contributed by atoms with Crippen LogP contribution < -0.4 is 5.32 Å². The summed E-state index contributed by atoms with van der Waals surface area (Å²) in [6.45, 7) is 6.74. The Kier molecular flexibility index (Phi) is 8.05. The first-order valence-electron chi connectivity index (χ1n) is 10.1. The number of amides is 3. The van der Waals surface area contributed by atoms with Crippen LogP contribution in [0.25, 0.3) is 6.08 Å². The molecule has 0 radical (unpaired) electrons. The van der Waals surface area contributed by atoms with Crippen molar-refractivity contribution < 1.29 is 14.7 Å². The van der Waals surface area contributed by atoms with Crippen molar-refractivity contribution in [2.45, 2.75) is 51.6 Å². The summed E-state index contributed by atoms with van der Waals surface area (Å²) in [6, 6.07) is 7.56. The second-order valence-corrected chi connectivity index (χ2v) is 7.28. The van der Waals surface area contributed by atoms with Crippen LogP contribution in [0.15, 0.2) is 30.3 Å².